The van der Waals surface area contributed by atoms with Crippen LogP contribution in [-0.4, -0.2) is 18.4 Å². The van der Waals surface area contributed by atoms with Crippen molar-refractivity contribution < 1.29 is 14.3 Å². The quantitative estimate of drug-likeness (QED) is 0.436. The van der Waals surface area contributed by atoms with Gasteiger partial charge in [-0.2, -0.15) is 0 Å². The first-order chi connectivity index (χ1) is 14.5. The van der Waals surface area contributed by atoms with Gasteiger partial charge < -0.3 is 15.4 Å². The molecule has 0 saturated carbocycles. The number of benzene rings is 3. The van der Waals surface area contributed by atoms with Crippen molar-refractivity contribution in [3.63, 3.8) is 0 Å². The molecular weight excluding hydrogens is 400 g/mol. The number of nitrogens with one attached hydrogen (secondary N) is 2. The number of halogens is 1. The van der Waals surface area contributed by atoms with E-state index in [2.05, 4.69) is 17.6 Å². The number of ether oxygens (including phenoxy) is 1. The highest BCUT2D eigenvalue weighted by atomic mass is 35.5. The number of amides is 2. The van der Waals surface area contributed by atoms with Gasteiger partial charge >= 0.3 is 0 Å². The van der Waals surface area contributed by atoms with E-state index < -0.39 is 0 Å². The van der Waals surface area contributed by atoms with Crippen LogP contribution < -0.4 is 15.4 Å². The molecule has 0 bridgehead atoms. The lowest BCUT2D eigenvalue weighted by Crippen LogP contribution is -2.13. The average Bonchev–Trinajstić information content (AvgIpc) is 2.75. The van der Waals surface area contributed by atoms with Crippen LogP contribution in [0.4, 0.5) is 11.4 Å². The van der Waals surface area contributed by atoms with E-state index in [4.69, 9.17) is 16.3 Å². The summed E-state index contributed by atoms with van der Waals surface area (Å²) in [6.45, 7) is 2.73. The summed E-state index contributed by atoms with van der Waals surface area (Å²) >= 11 is 5.92. The van der Waals surface area contributed by atoms with Crippen LogP contribution in [0.1, 0.15) is 40.5 Å². The van der Waals surface area contributed by atoms with E-state index in [0.29, 0.717) is 39.9 Å². The first-order valence-electron chi connectivity index (χ1n) is 9.76. The minimum absolute atomic E-state index is 0.230. The van der Waals surface area contributed by atoms with Crippen LogP contribution in [0.3, 0.4) is 0 Å². The Labute approximate surface area is 181 Å². The Kier molecular flexibility index (Phi) is 7.46. The number of carbonyl (C=O) groups excluding carboxylic acids is 2. The number of rotatable bonds is 8. The van der Waals surface area contributed by atoms with Crippen molar-refractivity contribution >= 4 is 34.8 Å². The second kappa shape index (κ2) is 10.5. The molecule has 3 aromatic rings. The summed E-state index contributed by atoms with van der Waals surface area (Å²) in [6, 6.07) is 20.7. The van der Waals surface area contributed by atoms with Gasteiger partial charge in [0.25, 0.3) is 11.8 Å². The lowest BCUT2D eigenvalue weighted by atomic mass is 10.2. The number of anilines is 2. The number of unbranched alkanes of at least 4 members (excludes halogenated alkanes) is 1. The SMILES string of the molecule is CCCCOc1cccc(C(=O)Nc2ccc(NC(=O)c3cccc(Cl)c3)cc2)c1. The average molecular weight is 423 g/mol. The van der Waals surface area contributed by atoms with E-state index in [0.717, 1.165) is 12.8 Å². The first-order valence-corrected chi connectivity index (χ1v) is 10.1. The van der Waals surface area contributed by atoms with Gasteiger partial charge in [0.05, 0.1) is 6.61 Å². The van der Waals surface area contributed by atoms with Gasteiger partial charge in [-0.05, 0) is 67.1 Å². The zero-order chi connectivity index (χ0) is 21.3. The molecule has 5 nitrogen and oxygen atoms in total. The molecule has 30 heavy (non-hydrogen) atoms. The molecule has 0 aliphatic heterocycles. The van der Waals surface area contributed by atoms with Crippen molar-refractivity contribution in [2.45, 2.75) is 19.8 Å². The Balaban J connectivity index is 1.59. The van der Waals surface area contributed by atoms with Crippen molar-refractivity contribution in [3.05, 3.63) is 88.9 Å². The zero-order valence-electron chi connectivity index (χ0n) is 16.7. The fraction of sp³-hybridized carbons (Fsp3) is 0.167. The molecule has 0 atom stereocenters. The molecule has 3 rings (SSSR count). The summed E-state index contributed by atoms with van der Waals surface area (Å²) in [4.78, 5) is 24.8. The third kappa shape index (κ3) is 6.09. The third-order valence-electron chi connectivity index (χ3n) is 4.35. The summed E-state index contributed by atoms with van der Waals surface area (Å²) < 4.78 is 5.66. The highest BCUT2D eigenvalue weighted by Crippen LogP contribution is 2.19. The summed E-state index contributed by atoms with van der Waals surface area (Å²) in [7, 11) is 0. The maximum absolute atomic E-state index is 12.5. The van der Waals surface area contributed by atoms with Gasteiger partial charge in [-0.1, -0.05) is 37.1 Å². The summed E-state index contributed by atoms with van der Waals surface area (Å²) in [5.74, 6) is 0.191. The second-order valence-electron chi connectivity index (χ2n) is 6.73. The molecule has 0 spiro atoms. The molecule has 6 heteroatoms. The van der Waals surface area contributed by atoms with Crippen LogP contribution in [0.15, 0.2) is 72.8 Å². The van der Waals surface area contributed by atoms with E-state index in [1.165, 1.54) is 0 Å². The lowest BCUT2D eigenvalue weighted by Gasteiger charge is -2.10. The van der Waals surface area contributed by atoms with Crippen LogP contribution in [0.5, 0.6) is 5.75 Å². The maximum Gasteiger partial charge on any atom is 0.255 e. The fourth-order valence-corrected chi connectivity index (χ4v) is 2.92. The van der Waals surface area contributed by atoms with Crippen LogP contribution in [0, 0.1) is 0 Å². The van der Waals surface area contributed by atoms with Crippen LogP contribution in [0.2, 0.25) is 5.02 Å². The third-order valence-corrected chi connectivity index (χ3v) is 4.59. The monoisotopic (exact) mass is 422 g/mol. The van der Waals surface area contributed by atoms with Gasteiger partial charge in [-0.25, -0.2) is 0 Å². The van der Waals surface area contributed by atoms with Crippen LogP contribution >= 0.6 is 11.6 Å². The predicted molar refractivity (Wildman–Crippen MR) is 121 cm³/mol. The van der Waals surface area contributed by atoms with Crippen LogP contribution in [0.25, 0.3) is 0 Å². The van der Waals surface area contributed by atoms with E-state index in [9.17, 15) is 9.59 Å². The summed E-state index contributed by atoms with van der Waals surface area (Å²) in [6.07, 6.45) is 2.02. The van der Waals surface area contributed by atoms with Crippen molar-refractivity contribution in [2.75, 3.05) is 17.2 Å². The number of carbonyl (C=O) groups is 2. The van der Waals surface area contributed by atoms with E-state index in [1.54, 1.807) is 66.7 Å². The zero-order valence-corrected chi connectivity index (χ0v) is 17.4. The normalized spacial score (nSPS) is 10.3. The van der Waals surface area contributed by atoms with Gasteiger partial charge in [-0.15, -0.1) is 0 Å². The minimum atomic E-state index is -0.255. The summed E-state index contributed by atoms with van der Waals surface area (Å²) in [5.41, 5.74) is 2.23. The fourth-order valence-electron chi connectivity index (χ4n) is 2.73. The van der Waals surface area contributed by atoms with Gasteiger partial charge in [0, 0.05) is 27.5 Å². The molecule has 3 aromatic carbocycles. The molecule has 0 fully saturated rings. The van der Waals surface area contributed by atoms with Gasteiger partial charge in [0.15, 0.2) is 0 Å². The second-order valence-corrected chi connectivity index (χ2v) is 7.16. The van der Waals surface area contributed by atoms with Gasteiger partial charge in [0.1, 0.15) is 5.75 Å². The largest absolute Gasteiger partial charge is 0.494 e. The number of hydrogen-bond donors (Lipinski definition) is 2. The molecule has 0 unspecified atom stereocenters. The molecule has 0 saturated heterocycles. The van der Waals surface area contributed by atoms with E-state index in [1.807, 2.05) is 6.07 Å². The number of hydrogen-bond acceptors (Lipinski definition) is 3. The molecule has 2 amide bonds. The van der Waals surface area contributed by atoms with Gasteiger partial charge in [-0.3, -0.25) is 9.59 Å². The van der Waals surface area contributed by atoms with Crippen molar-refractivity contribution in [1.82, 2.24) is 0 Å². The van der Waals surface area contributed by atoms with E-state index >= 15 is 0 Å². The Bertz CT molecular complexity index is 1020. The van der Waals surface area contributed by atoms with Crippen molar-refractivity contribution in [3.8, 4) is 5.75 Å². The Morgan fingerprint density at radius 1 is 0.833 bits per heavy atom. The first kappa shape index (κ1) is 21.4. The Morgan fingerprint density at radius 2 is 1.40 bits per heavy atom. The Morgan fingerprint density at radius 3 is 1.97 bits per heavy atom. The molecule has 0 radical (unpaired) electrons. The molecule has 0 aliphatic carbocycles. The Hall–Kier alpha value is -3.31. The van der Waals surface area contributed by atoms with Crippen molar-refractivity contribution in [2.24, 2.45) is 0 Å². The molecule has 0 aromatic heterocycles. The molecule has 154 valence electrons. The molecule has 2 N–H and O–H groups in total. The summed E-state index contributed by atoms with van der Waals surface area (Å²) in [5, 5.41) is 6.15. The van der Waals surface area contributed by atoms with Crippen LogP contribution in [-0.2, 0) is 0 Å². The van der Waals surface area contributed by atoms with Crippen molar-refractivity contribution in [1.29, 1.82) is 0 Å². The predicted octanol–water partition coefficient (Wildman–Crippen LogP) is 6.02. The van der Waals surface area contributed by atoms with E-state index in [-0.39, 0.29) is 11.8 Å². The highest BCUT2D eigenvalue weighted by Gasteiger charge is 2.09. The molecule has 0 heterocycles. The lowest BCUT2D eigenvalue weighted by molar-refractivity contribution is 0.101. The minimum Gasteiger partial charge on any atom is -0.494 e. The standard InChI is InChI=1S/C24H23ClN2O3/c1-2-3-14-30-22-9-5-7-18(16-22)24(29)27-21-12-10-20(11-13-21)26-23(28)17-6-4-8-19(25)15-17/h4-13,15-16H,2-3,14H2,1H3,(H,26,28)(H,27,29). The highest BCUT2D eigenvalue weighted by molar-refractivity contribution is 6.31. The topological polar surface area (TPSA) is 67.4 Å². The van der Waals surface area contributed by atoms with Gasteiger partial charge in [0.2, 0.25) is 0 Å². The molecular formula is C24H23ClN2O3. The smallest absolute Gasteiger partial charge is 0.255 e. The molecule has 0 aliphatic rings. The maximum atomic E-state index is 12.5.